The van der Waals surface area contributed by atoms with Crippen molar-refractivity contribution in [1.29, 1.82) is 0 Å². The van der Waals surface area contributed by atoms with Crippen LogP contribution in [0.3, 0.4) is 0 Å². The Morgan fingerprint density at radius 1 is 0.852 bits per heavy atom. The van der Waals surface area contributed by atoms with Gasteiger partial charge in [-0.2, -0.15) is 13.2 Å². The molecule has 0 amide bonds. The molecule has 2 heterocycles. The van der Waals surface area contributed by atoms with Crippen molar-refractivity contribution >= 4 is 62.1 Å². The fraction of sp³-hybridized carbons (Fsp3) is 0.342. The summed E-state index contributed by atoms with van der Waals surface area (Å²) in [6.45, 7) is 9.90. The largest absolute Gasteiger partial charge is 1.00 e. The molecule has 2 aliphatic rings. The van der Waals surface area contributed by atoms with Crippen LogP contribution in [0.1, 0.15) is 58.1 Å². The van der Waals surface area contributed by atoms with Gasteiger partial charge in [-0.25, -0.2) is 8.42 Å². The minimum Gasteiger partial charge on any atom is -0.748 e. The average Bonchev–Trinajstić information content (AvgIpc) is 3.46. The molecule has 16 heteroatoms. The molecule has 5 rings (SSSR count). The van der Waals surface area contributed by atoms with E-state index >= 15 is 0 Å². The number of anilines is 1. The van der Waals surface area contributed by atoms with Gasteiger partial charge >= 0.3 is 59.1 Å². The summed E-state index contributed by atoms with van der Waals surface area (Å²) in [5.74, 6) is 0.221. The molecule has 0 saturated heterocycles. The first kappa shape index (κ1) is 47.1. The number of hydrogen-bond donors (Lipinski definition) is 0. The minimum atomic E-state index is -4.29. The van der Waals surface area contributed by atoms with Crippen molar-refractivity contribution in [3.63, 3.8) is 0 Å². The van der Waals surface area contributed by atoms with Crippen LogP contribution in [0, 0.1) is 0 Å². The van der Waals surface area contributed by atoms with Crippen LogP contribution in [0.4, 0.5) is 11.4 Å². The third kappa shape index (κ3) is 11.4. The van der Waals surface area contributed by atoms with Crippen LogP contribution in [-0.2, 0) is 39.7 Å². The van der Waals surface area contributed by atoms with Crippen molar-refractivity contribution in [1.82, 2.24) is 0 Å². The normalized spacial score (nSPS) is 16.9. The number of fused-ring (bicyclic) bond motifs is 4. The van der Waals surface area contributed by atoms with Gasteiger partial charge in [0.25, 0.3) is 0 Å². The molecule has 0 radical (unpaired) electrons. The van der Waals surface area contributed by atoms with Gasteiger partial charge in [0.1, 0.15) is 6.54 Å². The maximum Gasteiger partial charge on any atom is 1.00 e. The second kappa shape index (κ2) is 21.5. The molecular formula is C38H42N2Na2O9S3. The van der Waals surface area contributed by atoms with Gasteiger partial charge in [-0.1, -0.05) is 68.5 Å². The van der Waals surface area contributed by atoms with Gasteiger partial charge in [0.15, 0.2) is 5.71 Å². The molecule has 0 atom stereocenters. The van der Waals surface area contributed by atoms with E-state index in [1.807, 2.05) is 72.9 Å². The van der Waals surface area contributed by atoms with Crippen LogP contribution in [-0.4, -0.2) is 47.9 Å². The maximum atomic E-state index is 11.3. The van der Waals surface area contributed by atoms with Crippen LogP contribution in [0.25, 0.3) is 10.8 Å². The number of hydrogen-bond acceptors (Lipinski definition) is 12. The van der Waals surface area contributed by atoms with Crippen molar-refractivity contribution in [2.45, 2.75) is 62.7 Å². The van der Waals surface area contributed by atoms with E-state index in [1.54, 1.807) is 0 Å². The molecule has 0 N–H and O–H groups in total. The summed E-state index contributed by atoms with van der Waals surface area (Å²) >= 11 is 1.86. The zero-order valence-electron chi connectivity index (χ0n) is 31.5. The Balaban J connectivity index is 0.00000392. The summed E-state index contributed by atoms with van der Waals surface area (Å²) in [4.78, 5) is 2.86. The van der Waals surface area contributed by atoms with Crippen molar-refractivity contribution in [2.24, 2.45) is 0 Å². The van der Waals surface area contributed by atoms with Gasteiger partial charge in [0.2, 0.25) is 5.69 Å². The number of rotatable bonds is 18. The van der Waals surface area contributed by atoms with E-state index in [9.17, 15) is 23.5 Å². The molecule has 2 aliphatic heterocycles. The molecule has 3 aromatic carbocycles. The second-order valence-electron chi connectivity index (χ2n) is 13.5. The molecule has 54 heavy (non-hydrogen) atoms. The van der Waals surface area contributed by atoms with Crippen molar-refractivity contribution in [3.8, 4) is 0 Å². The summed E-state index contributed by atoms with van der Waals surface area (Å²) in [5, 5.41) is 29.6. The van der Waals surface area contributed by atoms with E-state index in [0.717, 1.165) is 87.5 Å². The van der Waals surface area contributed by atoms with Crippen LogP contribution in [0.2, 0.25) is 0 Å². The molecule has 0 fully saturated rings. The molecule has 278 valence electrons. The van der Waals surface area contributed by atoms with Crippen LogP contribution < -0.4 is 74.5 Å². The van der Waals surface area contributed by atoms with Gasteiger partial charge < -0.3 is 20.0 Å². The van der Waals surface area contributed by atoms with Crippen LogP contribution in [0.5, 0.6) is 0 Å². The van der Waals surface area contributed by atoms with Gasteiger partial charge in [0.05, 0.1) is 27.6 Å². The third-order valence-electron chi connectivity index (χ3n) is 9.44. The molecule has 3 aromatic rings. The number of unbranched alkanes of at least 4 members (excludes halogenated alkanes) is 1. The molecule has 0 saturated carbocycles. The third-order valence-corrected chi connectivity index (χ3v) is 11.4. The minimum absolute atomic E-state index is 0. The first-order valence-electron chi connectivity index (χ1n) is 16.9. The van der Waals surface area contributed by atoms with E-state index in [2.05, 4.69) is 80.2 Å². The van der Waals surface area contributed by atoms with Crippen molar-refractivity contribution < 1.29 is 106 Å². The Bertz CT molecular complexity index is 2020. The number of para-hydroxylation sites is 1. The number of benzene rings is 3. The zero-order valence-corrected chi connectivity index (χ0v) is 37.9. The molecule has 11 nitrogen and oxygen atoms in total. The van der Waals surface area contributed by atoms with E-state index in [4.69, 9.17) is 0 Å². The topological polar surface area (TPSA) is 146 Å². The van der Waals surface area contributed by atoms with E-state index in [0.29, 0.717) is 12.3 Å². The number of allylic oxidation sites excluding steroid dienone is 8. The van der Waals surface area contributed by atoms with E-state index in [-0.39, 0.29) is 76.4 Å². The Morgan fingerprint density at radius 3 is 2.31 bits per heavy atom. The monoisotopic (exact) mass is 812 g/mol. The molecular weight excluding hydrogens is 771 g/mol. The molecule has 0 unspecified atom stereocenters. The van der Waals surface area contributed by atoms with Crippen molar-refractivity contribution in [2.75, 3.05) is 29.5 Å². The first-order chi connectivity index (χ1) is 24.9. The average molecular weight is 813 g/mol. The summed E-state index contributed by atoms with van der Waals surface area (Å²) < 4.78 is 45.2. The predicted molar refractivity (Wildman–Crippen MR) is 200 cm³/mol. The Morgan fingerprint density at radius 2 is 1.57 bits per heavy atom. The van der Waals surface area contributed by atoms with Gasteiger partial charge in [0, 0.05) is 75.9 Å². The fourth-order valence-electron chi connectivity index (χ4n) is 7.17. The second-order valence-corrected chi connectivity index (χ2v) is 16.6. The Hall–Kier alpha value is -1.28. The standard InChI is InChI=1S/C38H44N2O9S3.2Na/c1-37(2)31-15-10-11-16-32(31)39(24-14-26-52(43,44)45)34(37)17-8-6-5-7-9-18-35-38(3,4)36-30-21-20-29(51-49-47-42)27-28(30)19-22-33(36)40(35)23-12-13-25-50-48-46-41;;/h5-11,15-22,27H,12-14,23-26H2,1-4H3,(H2-,41,42,43,44,45);;/q;2*+1/p-2. The summed E-state index contributed by atoms with van der Waals surface area (Å²) in [6.07, 6.45) is 16.0. The SMILES string of the molecule is CC1(C)C(/C=C/C=C/C=C/C=C2/N(CCCS(=O)(=O)[O-])c3ccccc3C2(C)C)=[N+](CCCCSOO[O-])c2ccc3cc(SOO[O-])ccc3c21.[Na+].[Na+]. The van der Waals surface area contributed by atoms with Gasteiger partial charge in [-0.3, -0.25) is 10.1 Å². The molecule has 0 aromatic heterocycles. The molecule has 0 spiro atoms. The predicted octanol–water partition coefficient (Wildman–Crippen LogP) is 0.392. The van der Waals surface area contributed by atoms with Gasteiger partial charge in [-0.05, 0) is 73.4 Å². The summed E-state index contributed by atoms with van der Waals surface area (Å²) in [7, 11) is -4.29. The zero-order chi connectivity index (χ0) is 37.4. The summed E-state index contributed by atoms with van der Waals surface area (Å²) in [5.41, 5.74) is 6.03. The smallest absolute Gasteiger partial charge is 0.748 e. The Labute approximate surface area is 370 Å². The quantitative estimate of drug-likeness (QED) is 0.0256. The van der Waals surface area contributed by atoms with Crippen LogP contribution in [0.15, 0.2) is 108 Å². The van der Waals surface area contributed by atoms with Gasteiger partial charge in [-0.15, -0.1) is 0 Å². The molecule has 0 aliphatic carbocycles. The molecule has 0 bridgehead atoms. The van der Waals surface area contributed by atoms with E-state index in [1.165, 1.54) is 5.56 Å². The maximum absolute atomic E-state index is 11.3. The Kier molecular flexibility index (Phi) is 18.7. The fourth-order valence-corrected chi connectivity index (χ4v) is 8.49. The van der Waals surface area contributed by atoms with Crippen molar-refractivity contribution in [3.05, 3.63) is 114 Å². The number of nitrogens with zero attached hydrogens (tertiary/aromatic N) is 2. The first-order valence-corrected chi connectivity index (χ1v) is 20.1. The van der Waals surface area contributed by atoms with Crippen LogP contribution >= 0.6 is 24.1 Å². The van der Waals surface area contributed by atoms with E-state index < -0.39 is 15.9 Å². The summed E-state index contributed by atoms with van der Waals surface area (Å²) in [6, 6.07) is 18.2.